The van der Waals surface area contributed by atoms with Crippen molar-refractivity contribution in [2.75, 3.05) is 13.2 Å². The molecule has 0 saturated carbocycles. The van der Waals surface area contributed by atoms with Gasteiger partial charge in [0.05, 0.1) is 13.0 Å². The van der Waals surface area contributed by atoms with Crippen molar-refractivity contribution in [3.63, 3.8) is 0 Å². The Morgan fingerprint density at radius 1 is 0.794 bits per heavy atom. The molecular weight excluding hydrogens is 436 g/mol. The minimum Gasteiger partial charge on any atom is -0.463 e. The second kappa shape index (κ2) is 19.2. The van der Waals surface area contributed by atoms with Crippen molar-refractivity contribution < 1.29 is 35.1 Å². The van der Waals surface area contributed by atoms with Gasteiger partial charge in [-0.1, -0.05) is 84.3 Å². The molecule has 7 heteroatoms. The normalized spacial score (nSPS) is 17.8. The smallest absolute Gasteiger partial charge is 0.309 e. The highest BCUT2D eigenvalue weighted by molar-refractivity contribution is 5.71. The Labute approximate surface area is 207 Å². The van der Waals surface area contributed by atoms with Gasteiger partial charge in [-0.3, -0.25) is 4.79 Å². The molecule has 7 nitrogen and oxygen atoms in total. The van der Waals surface area contributed by atoms with Crippen molar-refractivity contribution >= 4 is 5.97 Å². The van der Waals surface area contributed by atoms with Gasteiger partial charge in [-0.2, -0.15) is 0 Å². The molecule has 0 bridgehead atoms. The van der Waals surface area contributed by atoms with E-state index < -0.39 is 43.6 Å². The van der Waals surface area contributed by atoms with Crippen molar-refractivity contribution in [1.82, 2.24) is 0 Å². The molecule has 0 amide bonds. The highest BCUT2D eigenvalue weighted by Crippen LogP contribution is 2.22. The van der Waals surface area contributed by atoms with Crippen LogP contribution in [0.2, 0.25) is 0 Å². The number of carbonyl (C=O) groups excluding carboxylic acids is 1. The number of carbonyl (C=O) groups is 1. The minimum absolute atomic E-state index is 0.0702. The summed E-state index contributed by atoms with van der Waals surface area (Å²) in [7, 11) is 0. The zero-order valence-corrected chi connectivity index (χ0v) is 22.2. The number of aliphatic hydroxyl groups excluding tert-OH is 5. The maximum atomic E-state index is 11.9. The van der Waals surface area contributed by atoms with E-state index >= 15 is 0 Å². The molecule has 0 aliphatic heterocycles. The van der Waals surface area contributed by atoms with Crippen LogP contribution in [0.1, 0.15) is 98.8 Å². The molecule has 0 spiro atoms. The van der Waals surface area contributed by atoms with Crippen LogP contribution in [0.4, 0.5) is 0 Å². The van der Waals surface area contributed by atoms with Gasteiger partial charge in [0.1, 0.15) is 31.0 Å². The predicted molar refractivity (Wildman–Crippen MR) is 135 cm³/mol. The largest absolute Gasteiger partial charge is 0.463 e. The summed E-state index contributed by atoms with van der Waals surface area (Å²) in [6.07, 6.45) is 6.34. The lowest BCUT2D eigenvalue weighted by Gasteiger charge is -2.25. The summed E-state index contributed by atoms with van der Waals surface area (Å²) in [4.78, 5) is 11.9. The fraction of sp³-hybridized carbons (Fsp3) is 0.889. The van der Waals surface area contributed by atoms with Crippen molar-refractivity contribution in [2.24, 2.45) is 17.8 Å². The molecule has 0 aromatic rings. The molecule has 2 unspecified atom stereocenters. The van der Waals surface area contributed by atoms with E-state index in [1.807, 2.05) is 13.0 Å². The highest BCUT2D eigenvalue weighted by Gasteiger charge is 2.30. The van der Waals surface area contributed by atoms with E-state index in [1.54, 1.807) is 0 Å². The van der Waals surface area contributed by atoms with E-state index in [2.05, 4.69) is 27.7 Å². The molecule has 0 saturated heterocycles. The predicted octanol–water partition coefficient (Wildman–Crippen LogP) is 3.74. The summed E-state index contributed by atoms with van der Waals surface area (Å²) >= 11 is 0. The Morgan fingerprint density at radius 2 is 1.29 bits per heavy atom. The van der Waals surface area contributed by atoms with Gasteiger partial charge in [-0.05, 0) is 37.5 Å². The molecule has 34 heavy (non-hydrogen) atoms. The van der Waals surface area contributed by atoms with E-state index in [0.29, 0.717) is 5.92 Å². The summed E-state index contributed by atoms with van der Waals surface area (Å²) < 4.78 is 4.93. The SMILES string of the molecule is C/C(=C\CC(=O)OC[C@@H](O)[C@H](O)[C@@H](O)[C@@H](O)CO)CCCC(C)CCCC(C)CCCC(C)C. The van der Waals surface area contributed by atoms with Crippen LogP contribution in [0, 0.1) is 17.8 Å². The summed E-state index contributed by atoms with van der Waals surface area (Å²) in [5, 5.41) is 47.1. The van der Waals surface area contributed by atoms with E-state index in [0.717, 1.165) is 30.3 Å². The van der Waals surface area contributed by atoms with Crippen molar-refractivity contribution in [2.45, 2.75) is 123 Å². The molecule has 5 N–H and O–H groups in total. The zero-order chi connectivity index (χ0) is 26.1. The number of allylic oxidation sites excluding steroid dienone is 1. The maximum Gasteiger partial charge on any atom is 0.309 e. The van der Waals surface area contributed by atoms with Gasteiger partial charge in [0.2, 0.25) is 0 Å². The van der Waals surface area contributed by atoms with Crippen LogP contribution in [-0.2, 0) is 9.53 Å². The van der Waals surface area contributed by atoms with Crippen molar-refractivity contribution in [3.05, 3.63) is 11.6 Å². The first kappa shape index (κ1) is 33.0. The summed E-state index contributed by atoms with van der Waals surface area (Å²) in [5.41, 5.74) is 1.12. The lowest BCUT2D eigenvalue weighted by molar-refractivity contribution is -0.155. The maximum absolute atomic E-state index is 11.9. The molecule has 6 atom stereocenters. The molecule has 0 fully saturated rings. The Kier molecular flexibility index (Phi) is 18.7. The van der Waals surface area contributed by atoms with Crippen molar-refractivity contribution in [3.8, 4) is 0 Å². The Bertz CT molecular complexity index is 549. The molecule has 0 rings (SSSR count). The summed E-state index contributed by atoms with van der Waals surface area (Å²) in [5.74, 6) is 1.78. The average Bonchev–Trinajstić information content (AvgIpc) is 2.79. The number of esters is 1. The van der Waals surface area contributed by atoms with E-state index in [-0.39, 0.29) is 6.42 Å². The number of aliphatic hydroxyl groups is 5. The lowest BCUT2D eigenvalue weighted by atomic mass is 9.91. The van der Waals surface area contributed by atoms with Gasteiger partial charge < -0.3 is 30.3 Å². The summed E-state index contributed by atoms with van der Waals surface area (Å²) in [6.45, 7) is 9.99. The van der Waals surface area contributed by atoms with Crippen LogP contribution in [0.3, 0.4) is 0 Å². The fourth-order valence-corrected chi connectivity index (χ4v) is 3.97. The molecule has 0 aliphatic rings. The van der Waals surface area contributed by atoms with Gasteiger partial charge in [-0.15, -0.1) is 0 Å². The van der Waals surface area contributed by atoms with E-state index in [9.17, 15) is 25.2 Å². The Balaban J connectivity index is 3.99. The molecule has 0 radical (unpaired) electrons. The van der Waals surface area contributed by atoms with Gasteiger partial charge in [-0.25, -0.2) is 0 Å². The summed E-state index contributed by atoms with van der Waals surface area (Å²) in [6, 6.07) is 0. The van der Waals surface area contributed by atoms with Gasteiger partial charge in [0.25, 0.3) is 0 Å². The van der Waals surface area contributed by atoms with Crippen LogP contribution in [-0.4, -0.2) is 69.1 Å². The van der Waals surface area contributed by atoms with Gasteiger partial charge in [0.15, 0.2) is 0 Å². The van der Waals surface area contributed by atoms with Crippen LogP contribution < -0.4 is 0 Å². The quantitative estimate of drug-likeness (QED) is 0.130. The topological polar surface area (TPSA) is 127 Å². The lowest BCUT2D eigenvalue weighted by Crippen LogP contribution is -2.47. The number of hydrogen-bond acceptors (Lipinski definition) is 7. The molecule has 0 heterocycles. The van der Waals surface area contributed by atoms with Gasteiger partial charge >= 0.3 is 5.97 Å². The highest BCUT2D eigenvalue weighted by atomic mass is 16.5. The van der Waals surface area contributed by atoms with Crippen LogP contribution in [0.5, 0.6) is 0 Å². The molecular formula is C27H52O7. The Hall–Kier alpha value is -0.990. The first-order valence-electron chi connectivity index (χ1n) is 13.1. The fourth-order valence-electron chi connectivity index (χ4n) is 3.97. The van der Waals surface area contributed by atoms with Crippen LogP contribution in [0.25, 0.3) is 0 Å². The number of hydrogen-bond donors (Lipinski definition) is 5. The number of rotatable bonds is 20. The van der Waals surface area contributed by atoms with Gasteiger partial charge in [0, 0.05) is 0 Å². The van der Waals surface area contributed by atoms with E-state index in [1.165, 1.54) is 44.9 Å². The minimum atomic E-state index is -1.73. The zero-order valence-electron chi connectivity index (χ0n) is 22.2. The first-order chi connectivity index (χ1) is 16.0. The number of ether oxygens (including phenoxy) is 1. The average molecular weight is 489 g/mol. The molecule has 0 aromatic heterocycles. The first-order valence-corrected chi connectivity index (χ1v) is 13.1. The third-order valence-electron chi connectivity index (χ3n) is 6.50. The van der Waals surface area contributed by atoms with Crippen LogP contribution in [0.15, 0.2) is 11.6 Å². The second-order valence-corrected chi connectivity index (χ2v) is 10.6. The third kappa shape index (κ3) is 16.6. The molecule has 0 aliphatic carbocycles. The Morgan fingerprint density at radius 3 is 1.82 bits per heavy atom. The third-order valence-corrected chi connectivity index (χ3v) is 6.50. The second-order valence-electron chi connectivity index (χ2n) is 10.6. The molecule has 0 aromatic carbocycles. The van der Waals surface area contributed by atoms with Crippen molar-refractivity contribution in [1.29, 1.82) is 0 Å². The monoisotopic (exact) mass is 488 g/mol. The van der Waals surface area contributed by atoms with Crippen LogP contribution >= 0.6 is 0 Å². The van der Waals surface area contributed by atoms with E-state index in [4.69, 9.17) is 9.84 Å². The molecule has 202 valence electrons. The standard InChI is InChI=1S/C27H52O7/c1-19(2)9-6-10-20(3)11-7-12-21(4)13-8-14-22(5)15-16-25(31)34-18-24(30)27(33)26(32)23(29)17-28/h15,19-21,23-24,26-30,32-33H,6-14,16-18H2,1-5H3/b22-15+/t20?,21?,23-,24+,26-,27-/m0/s1.